The van der Waals surface area contributed by atoms with E-state index in [-0.39, 0.29) is 42.3 Å². The molecule has 7 nitrogen and oxygen atoms in total. The van der Waals surface area contributed by atoms with E-state index in [1.807, 2.05) is 68.5 Å². The Hall–Kier alpha value is -2.04. The lowest BCUT2D eigenvalue weighted by Crippen LogP contribution is -2.46. The summed E-state index contributed by atoms with van der Waals surface area (Å²) in [5.41, 5.74) is 0.989. The van der Waals surface area contributed by atoms with E-state index in [0.29, 0.717) is 13.1 Å². The van der Waals surface area contributed by atoms with E-state index in [4.69, 9.17) is 4.74 Å². The predicted octanol–water partition coefficient (Wildman–Crippen LogP) is 4.17. The van der Waals surface area contributed by atoms with Crippen LogP contribution in [0.25, 0.3) is 0 Å². The lowest BCUT2D eigenvalue weighted by atomic mass is 9.82. The Morgan fingerprint density at radius 2 is 1.95 bits per heavy atom. The highest BCUT2D eigenvalue weighted by molar-refractivity contribution is 9.10. The minimum atomic E-state index is -2.86. The molecule has 3 aliphatic rings. The molecule has 2 aromatic rings. The molecule has 0 bridgehead atoms. The van der Waals surface area contributed by atoms with Gasteiger partial charge in [0.2, 0.25) is 5.91 Å². The van der Waals surface area contributed by atoms with Crippen molar-refractivity contribution in [1.29, 1.82) is 0 Å². The molecule has 37 heavy (non-hydrogen) atoms. The zero-order chi connectivity index (χ0) is 26.5. The molecule has 198 valence electrons. The highest BCUT2D eigenvalue weighted by Gasteiger charge is 2.66. The summed E-state index contributed by atoms with van der Waals surface area (Å²) in [6, 6.07) is 15.5. The van der Waals surface area contributed by atoms with Crippen LogP contribution in [0.3, 0.4) is 0 Å². The van der Waals surface area contributed by atoms with Crippen LogP contribution in [0.15, 0.2) is 53.0 Å². The van der Waals surface area contributed by atoms with Crippen LogP contribution < -0.4 is 4.90 Å². The van der Waals surface area contributed by atoms with E-state index in [1.54, 1.807) is 9.80 Å². The second-order valence-corrected chi connectivity index (χ2v) is 16.1. The molecule has 9 heteroatoms. The Balaban J connectivity index is 1.54. The number of halogens is 1. The summed E-state index contributed by atoms with van der Waals surface area (Å²) in [4.78, 5) is 42.7. The molecule has 2 aromatic carbocycles. The minimum absolute atomic E-state index is 0.0599. The molecule has 0 aromatic heterocycles. The number of carbonyl (C=O) groups is 2. The number of benzene rings is 2. The molecule has 3 heterocycles. The van der Waals surface area contributed by atoms with Gasteiger partial charge in [-0.15, -0.1) is 0 Å². The number of fused-ring (bicyclic) bond motifs is 2. The van der Waals surface area contributed by atoms with Gasteiger partial charge >= 0.3 is 0 Å². The van der Waals surface area contributed by atoms with Gasteiger partial charge < -0.3 is 24.4 Å². The molecule has 0 unspecified atom stereocenters. The van der Waals surface area contributed by atoms with Gasteiger partial charge in [0.25, 0.3) is 5.91 Å². The molecule has 5 rings (SSSR count). The van der Waals surface area contributed by atoms with Gasteiger partial charge in [0.05, 0.1) is 37.4 Å². The number of aliphatic hydroxyl groups excluding tert-OH is 1. The number of carbonyl (C=O) groups excluding carboxylic acids is 2. The van der Waals surface area contributed by atoms with E-state index in [2.05, 4.69) is 15.9 Å². The number of nitrogens with zero attached hydrogens (tertiary/aromatic N) is 2. The number of rotatable bonds is 6. The lowest BCUT2D eigenvalue weighted by Gasteiger charge is -2.32. The van der Waals surface area contributed by atoms with Gasteiger partial charge in [-0.1, -0.05) is 53.2 Å². The Kier molecular flexibility index (Phi) is 7.13. The largest absolute Gasteiger partial charge is 0.432 e. The summed E-state index contributed by atoms with van der Waals surface area (Å²) >= 11 is 3.58. The van der Waals surface area contributed by atoms with E-state index in [1.165, 1.54) is 0 Å². The first-order valence-electron chi connectivity index (χ1n) is 13.0. The summed E-state index contributed by atoms with van der Waals surface area (Å²) in [6.07, 6.45) is 1.13. The predicted molar refractivity (Wildman–Crippen MR) is 147 cm³/mol. The van der Waals surface area contributed by atoms with Crippen molar-refractivity contribution < 1.29 is 24.2 Å². The number of amides is 2. The molecule has 2 saturated heterocycles. The van der Waals surface area contributed by atoms with Gasteiger partial charge in [0, 0.05) is 28.0 Å². The average Bonchev–Trinajstić information content (AvgIpc) is 3.50. The summed E-state index contributed by atoms with van der Waals surface area (Å²) in [7, 11) is -2.86. The first-order valence-corrected chi connectivity index (χ1v) is 16.9. The van der Waals surface area contributed by atoms with Crippen LogP contribution in [0.1, 0.15) is 37.3 Å². The fourth-order valence-corrected chi connectivity index (χ4v) is 9.73. The van der Waals surface area contributed by atoms with Crippen molar-refractivity contribution in [2.75, 3.05) is 18.1 Å². The van der Waals surface area contributed by atoms with Crippen molar-refractivity contribution >= 4 is 41.7 Å². The molecule has 2 fully saturated rings. The van der Waals surface area contributed by atoms with Gasteiger partial charge in [-0.2, -0.15) is 0 Å². The van der Waals surface area contributed by atoms with Crippen molar-refractivity contribution in [1.82, 2.24) is 4.90 Å². The van der Waals surface area contributed by atoms with Crippen molar-refractivity contribution in [3.63, 3.8) is 0 Å². The Labute approximate surface area is 227 Å². The SMILES string of the molecule is C[C@H]1[C@H]([Si](C)(C)O)[C@@H](CC(=O)N2CCC[C@H]2CO)O[C@]12C(=O)N(Cc1ccccc1)c1ccc(Br)cc12. The molecular formula is C28H35BrN2O5Si. The number of aliphatic hydroxyl groups is 1. The van der Waals surface area contributed by atoms with Crippen molar-refractivity contribution in [2.24, 2.45) is 5.92 Å². The highest BCUT2D eigenvalue weighted by atomic mass is 79.9. The second kappa shape index (κ2) is 9.93. The van der Waals surface area contributed by atoms with E-state index in [0.717, 1.165) is 34.1 Å². The number of hydrogen-bond donors (Lipinski definition) is 2. The second-order valence-electron chi connectivity index (χ2n) is 11.2. The minimum Gasteiger partial charge on any atom is -0.432 e. The van der Waals surface area contributed by atoms with E-state index >= 15 is 0 Å². The Morgan fingerprint density at radius 3 is 2.62 bits per heavy atom. The van der Waals surface area contributed by atoms with Crippen molar-refractivity contribution in [3.05, 3.63) is 64.1 Å². The molecule has 3 aliphatic heterocycles. The molecule has 0 aliphatic carbocycles. The van der Waals surface area contributed by atoms with Crippen LogP contribution in [-0.2, 0) is 26.5 Å². The Bertz CT molecular complexity index is 1190. The summed E-state index contributed by atoms with van der Waals surface area (Å²) in [6.45, 7) is 6.68. The maximum atomic E-state index is 14.4. The third-order valence-corrected chi connectivity index (χ3v) is 11.4. The lowest BCUT2D eigenvalue weighted by molar-refractivity contribution is -0.150. The van der Waals surface area contributed by atoms with Crippen LogP contribution in [0.4, 0.5) is 5.69 Å². The zero-order valence-corrected chi connectivity index (χ0v) is 24.1. The Morgan fingerprint density at radius 1 is 1.22 bits per heavy atom. The monoisotopic (exact) mass is 586 g/mol. The first-order chi connectivity index (χ1) is 17.6. The maximum Gasteiger partial charge on any atom is 0.264 e. The van der Waals surface area contributed by atoms with E-state index < -0.39 is 20.0 Å². The van der Waals surface area contributed by atoms with Crippen LogP contribution in [0.5, 0.6) is 0 Å². The fourth-order valence-electron chi connectivity index (χ4n) is 6.82. The highest BCUT2D eigenvalue weighted by Crippen LogP contribution is 2.60. The van der Waals surface area contributed by atoms with E-state index in [9.17, 15) is 19.5 Å². The number of hydrogen-bond acceptors (Lipinski definition) is 5. The molecule has 2 N–H and O–H groups in total. The van der Waals surface area contributed by atoms with Crippen LogP contribution >= 0.6 is 15.9 Å². The van der Waals surface area contributed by atoms with Gasteiger partial charge in [0.1, 0.15) is 0 Å². The smallest absolute Gasteiger partial charge is 0.264 e. The molecule has 2 amide bonds. The molecule has 0 radical (unpaired) electrons. The molecule has 1 spiro atoms. The van der Waals surface area contributed by atoms with Gasteiger partial charge in [-0.25, -0.2) is 0 Å². The number of anilines is 1. The normalized spacial score (nSPS) is 29.4. The summed E-state index contributed by atoms with van der Waals surface area (Å²) in [5.74, 6) is -0.565. The molecule has 0 saturated carbocycles. The van der Waals surface area contributed by atoms with Gasteiger partial charge in [-0.05, 0) is 49.7 Å². The van der Waals surface area contributed by atoms with Crippen LogP contribution in [-0.4, -0.2) is 60.2 Å². The van der Waals surface area contributed by atoms with Crippen LogP contribution in [0, 0.1) is 5.92 Å². The third-order valence-electron chi connectivity index (χ3n) is 8.41. The average molecular weight is 588 g/mol. The van der Waals surface area contributed by atoms with Crippen molar-refractivity contribution in [2.45, 2.75) is 69.1 Å². The summed E-state index contributed by atoms with van der Waals surface area (Å²) in [5, 5.41) is 9.74. The van der Waals surface area contributed by atoms with Gasteiger partial charge in [-0.3, -0.25) is 9.59 Å². The standard InChI is InChI=1S/C28H35BrN2O5Si/c1-18-26(37(2,3)35)24(15-25(33)30-13-7-10-21(30)17-32)36-28(18)22-14-20(29)11-12-23(22)31(27(28)34)16-19-8-5-4-6-9-19/h4-6,8-9,11-12,14,18,21,24,26,32,35H,7,10,13,15-17H2,1-3H3/t18-,21-,24+,26-,28+/m0/s1. The van der Waals surface area contributed by atoms with Crippen molar-refractivity contribution in [3.8, 4) is 0 Å². The first kappa shape index (κ1) is 26.6. The topological polar surface area (TPSA) is 90.3 Å². The number of ether oxygens (including phenoxy) is 1. The summed E-state index contributed by atoms with van der Waals surface area (Å²) < 4.78 is 7.62. The third kappa shape index (κ3) is 4.48. The number of likely N-dealkylation sites (tertiary alicyclic amines) is 1. The maximum absolute atomic E-state index is 14.4. The van der Waals surface area contributed by atoms with Gasteiger partial charge in [0.15, 0.2) is 13.9 Å². The molecule has 5 atom stereocenters. The molecular weight excluding hydrogens is 552 g/mol. The quantitative estimate of drug-likeness (QED) is 0.496. The zero-order valence-electron chi connectivity index (χ0n) is 21.6. The fraction of sp³-hybridized carbons (Fsp3) is 0.500. The van der Waals surface area contributed by atoms with Crippen LogP contribution in [0.2, 0.25) is 18.6 Å².